The van der Waals surface area contributed by atoms with E-state index in [1.165, 1.54) is 6.07 Å². The highest BCUT2D eigenvalue weighted by atomic mass is 32.2. The van der Waals surface area contributed by atoms with Gasteiger partial charge in [-0.2, -0.15) is 0 Å². The van der Waals surface area contributed by atoms with Crippen LogP contribution in [-0.2, 0) is 65.2 Å². The molecule has 3 rings (SSSR count). The van der Waals surface area contributed by atoms with Crippen LogP contribution < -0.4 is 48.7 Å². The highest BCUT2D eigenvalue weighted by molar-refractivity contribution is 7.85. The fourth-order valence-corrected chi connectivity index (χ4v) is 8.66. The molecule has 1 aliphatic heterocycles. The lowest BCUT2D eigenvalue weighted by molar-refractivity contribution is -0.139. The third kappa shape index (κ3) is 17.9. The predicted octanol–water partition coefficient (Wildman–Crippen LogP) is -2.41. The van der Waals surface area contributed by atoms with Crippen molar-refractivity contribution in [1.82, 2.24) is 37.2 Å². The van der Waals surface area contributed by atoms with Crippen molar-refractivity contribution in [2.75, 3.05) is 18.1 Å². The van der Waals surface area contributed by atoms with Crippen molar-refractivity contribution in [3.63, 3.8) is 0 Å². The van der Waals surface area contributed by atoms with Crippen LogP contribution in [0.1, 0.15) is 103 Å². The van der Waals surface area contributed by atoms with Crippen LogP contribution in [0, 0.1) is 5.92 Å². The first-order chi connectivity index (χ1) is 31.1. The number of rotatable bonds is 11. The second-order valence-corrected chi connectivity index (χ2v) is 18.5. The Morgan fingerprint density at radius 3 is 2.06 bits per heavy atom. The van der Waals surface area contributed by atoms with Gasteiger partial charge in [-0.3, -0.25) is 52.2 Å². The Bertz CT molecular complexity index is 1990. The van der Waals surface area contributed by atoms with E-state index in [9.17, 15) is 67.5 Å². The van der Waals surface area contributed by atoms with E-state index in [-0.39, 0.29) is 75.8 Å². The van der Waals surface area contributed by atoms with Gasteiger partial charge in [-0.1, -0.05) is 39.2 Å². The maximum Gasteiger partial charge on any atom is 0.303 e. The summed E-state index contributed by atoms with van der Waals surface area (Å²) >= 11 is 0. The number of amides is 9. The van der Waals surface area contributed by atoms with Crippen LogP contribution in [0.4, 0.5) is 0 Å². The van der Waals surface area contributed by atoms with Crippen molar-refractivity contribution in [3.8, 4) is 11.5 Å². The molecule has 1 spiro atoms. The van der Waals surface area contributed by atoms with E-state index in [0.717, 1.165) is 12.1 Å². The van der Waals surface area contributed by atoms with Crippen molar-refractivity contribution >= 4 is 69.9 Å². The van der Waals surface area contributed by atoms with E-state index in [0.29, 0.717) is 19.3 Å². The molecule has 1 aliphatic carbocycles. The minimum absolute atomic E-state index is 0.0262. The van der Waals surface area contributed by atoms with Crippen LogP contribution in [0.3, 0.4) is 0 Å². The molecule has 1 heterocycles. The first-order valence-electron chi connectivity index (χ1n) is 21.8. The summed E-state index contributed by atoms with van der Waals surface area (Å²) in [7, 11) is -2.14. The van der Waals surface area contributed by atoms with Crippen molar-refractivity contribution in [2.45, 2.75) is 139 Å². The van der Waals surface area contributed by atoms with E-state index in [1.54, 1.807) is 13.8 Å². The fraction of sp³-hybridized carbons (Fsp3) is 0.619. The lowest BCUT2D eigenvalue weighted by Gasteiger charge is -2.38. The Kier molecular flexibility index (Phi) is 21.3. The number of carboxylic acids is 1. The van der Waals surface area contributed by atoms with Crippen molar-refractivity contribution in [1.29, 1.82) is 0 Å². The number of aromatic hydroxyl groups is 2. The molecule has 1 saturated carbocycles. The summed E-state index contributed by atoms with van der Waals surface area (Å²) in [5.41, 5.74) is 9.49. The summed E-state index contributed by atoms with van der Waals surface area (Å²) in [5, 5.41) is 47.4. The molecule has 14 N–H and O–H groups in total. The van der Waals surface area contributed by atoms with Crippen molar-refractivity contribution in [2.24, 2.45) is 17.4 Å². The molecule has 366 valence electrons. The molecule has 0 radical (unpaired) electrons. The summed E-state index contributed by atoms with van der Waals surface area (Å²) in [6.45, 7) is 3.44. The summed E-state index contributed by atoms with van der Waals surface area (Å²) in [5.74, 6) is -11.7. The van der Waals surface area contributed by atoms with E-state index < -0.39 is 142 Å². The second-order valence-electron chi connectivity index (χ2n) is 17.0. The van der Waals surface area contributed by atoms with Crippen molar-refractivity contribution in [3.05, 3.63) is 23.8 Å². The SMILES string of the molecule is CC(C)C[C@@H]1NC(=O)[C@H](CCCC(=O)O)NC(=O)C[S@](=O)C[C@H](C(N)=O)NC(=O)CCCCNC(=O)[C@H](CC(N)=O)NC(=O)C2(CCCCC2)NC(=O)[C@H](Cc2ccc(O)c(O)c2)NC1=O. The molecule has 1 aromatic rings. The van der Waals surface area contributed by atoms with Gasteiger partial charge in [0, 0.05) is 36.6 Å². The summed E-state index contributed by atoms with van der Waals surface area (Å²) in [4.78, 5) is 132. The van der Waals surface area contributed by atoms with Gasteiger partial charge >= 0.3 is 5.97 Å². The van der Waals surface area contributed by atoms with E-state index in [2.05, 4.69) is 37.2 Å². The van der Waals surface area contributed by atoms with Crippen molar-refractivity contribution < 1.29 is 67.5 Å². The molecule has 2 aliphatic rings. The molecule has 24 heteroatoms. The number of primary amides is 2. The maximum atomic E-state index is 14.5. The van der Waals surface area contributed by atoms with Gasteiger partial charge < -0.3 is 64.0 Å². The van der Waals surface area contributed by atoms with Crippen LogP contribution in [0.5, 0.6) is 11.5 Å². The Morgan fingerprint density at radius 1 is 0.773 bits per heavy atom. The Hall–Kier alpha value is -6.33. The van der Waals surface area contributed by atoms with Gasteiger partial charge in [-0.25, -0.2) is 0 Å². The Labute approximate surface area is 383 Å². The van der Waals surface area contributed by atoms with Gasteiger partial charge in [0.1, 0.15) is 41.5 Å². The molecule has 1 aromatic carbocycles. The van der Waals surface area contributed by atoms with Crippen LogP contribution in [0.25, 0.3) is 0 Å². The third-order valence-electron chi connectivity index (χ3n) is 11.0. The minimum Gasteiger partial charge on any atom is -0.504 e. The van der Waals surface area contributed by atoms with Gasteiger partial charge in [0.05, 0.1) is 12.2 Å². The number of hydrogen-bond acceptors (Lipinski definition) is 13. The van der Waals surface area contributed by atoms with Crippen LogP contribution in [-0.4, -0.2) is 132 Å². The average molecular weight is 950 g/mol. The standard InChI is InChI=1S/C42H63N9O14S/c1-23(2)17-26-39(62)49-27(18-24-12-13-30(52)31(53)19-24)40(63)51-42(14-5-3-6-15-42)41(64)50-28(20-32(43)54)37(60)45-16-7-4-10-33(55)47-29(36(44)59)21-66(65)22-34(56)46-25(38(61)48-26)9-8-11-35(57)58/h12-13,19,23,25-29,52-53H,3-11,14-18,20-22H2,1-2H3,(H2,43,54)(H2,44,59)(H,45,60)(H,46,56)(H,47,55)(H,48,61)(H,49,62)(H,50,64)(H,51,63)(H,57,58)/t25-,26-,27-,28-,29+,66+/m0/s1. The van der Waals surface area contributed by atoms with Gasteiger partial charge in [-0.15, -0.1) is 0 Å². The smallest absolute Gasteiger partial charge is 0.303 e. The predicted molar refractivity (Wildman–Crippen MR) is 236 cm³/mol. The number of hydrogen-bond donors (Lipinski definition) is 12. The zero-order chi connectivity index (χ0) is 49.1. The third-order valence-corrected chi connectivity index (χ3v) is 12.3. The van der Waals surface area contributed by atoms with Crippen LogP contribution in [0.2, 0.25) is 0 Å². The molecule has 0 bridgehead atoms. The number of carbonyl (C=O) groups is 10. The fourth-order valence-electron chi connectivity index (χ4n) is 7.54. The molecule has 1 saturated heterocycles. The highest BCUT2D eigenvalue weighted by Crippen LogP contribution is 2.30. The topological polar surface area (TPSA) is 385 Å². The maximum absolute atomic E-state index is 14.5. The van der Waals surface area contributed by atoms with E-state index >= 15 is 0 Å². The Morgan fingerprint density at radius 2 is 1.44 bits per heavy atom. The molecular weight excluding hydrogens is 887 g/mol. The summed E-state index contributed by atoms with van der Waals surface area (Å²) in [6, 6.07) is -3.61. The number of carbonyl (C=O) groups excluding carboxylic acids is 9. The molecule has 0 aromatic heterocycles. The molecule has 23 nitrogen and oxygen atoms in total. The van der Waals surface area contributed by atoms with Gasteiger partial charge in [0.2, 0.25) is 53.2 Å². The van der Waals surface area contributed by atoms with Gasteiger partial charge in [-0.05, 0) is 68.6 Å². The quantitative estimate of drug-likeness (QED) is 0.103. The number of aliphatic carboxylic acids is 1. The largest absolute Gasteiger partial charge is 0.504 e. The zero-order valence-electron chi connectivity index (χ0n) is 37.1. The lowest BCUT2D eigenvalue weighted by atomic mass is 9.80. The molecule has 66 heavy (non-hydrogen) atoms. The first-order valence-corrected chi connectivity index (χ1v) is 23.3. The molecule has 2 fully saturated rings. The van der Waals surface area contributed by atoms with Gasteiger partial charge in [0.15, 0.2) is 11.5 Å². The average Bonchev–Trinajstić information content (AvgIpc) is 3.22. The van der Waals surface area contributed by atoms with Crippen LogP contribution >= 0.6 is 0 Å². The normalized spacial score (nSPS) is 24.9. The van der Waals surface area contributed by atoms with E-state index in [4.69, 9.17) is 11.5 Å². The number of phenolic OH excluding ortho intramolecular Hbond substituents is 2. The zero-order valence-corrected chi connectivity index (χ0v) is 37.9. The van der Waals surface area contributed by atoms with E-state index in [1.807, 2.05) is 0 Å². The number of benzene rings is 1. The second kappa shape index (κ2) is 26.0. The number of phenols is 2. The highest BCUT2D eigenvalue weighted by Gasteiger charge is 2.44. The number of nitrogens with two attached hydrogens (primary N) is 2. The summed E-state index contributed by atoms with van der Waals surface area (Å²) < 4.78 is 13.1. The summed E-state index contributed by atoms with van der Waals surface area (Å²) in [6.07, 6.45) is 0.256. The monoisotopic (exact) mass is 949 g/mol. The molecular formula is C42H63N9O14S. The van der Waals surface area contributed by atoms with Gasteiger partial charge in [0.25, 0.3) is 0 Å². The molecule has 0 unspecified atom stereocenters. The number of carboxylic acid groups (broad SMARTS) is 1. The van der Waals surface area contributed by atoms with Crippen LogP contribution in [0.15, 0.2) is 18.2 Å². The minimum atomic E-state index is -2.14. The molecule has 9 amide bonds. The Balaban J connectivity index is 2.09. The first kappa shape index (κ1) is 54.0. The lowest BCUT2D eigenvalue weighted by Crippen LogP contribution is -2.66. The molecule has 6 atom stereocenters. The number of nitrogens with one attached hydrogen (secondary N) is 7.